The molecule has 3 N–H and O–H groups in total. The molecule has 1 amide bonds. The van der Waals surface area contributed by atoms with Crippen molar-refractivity contribution in [3.05, 3.63) is 24.5 Å². The average Bonchev–Trinajstić information content (AvgIpc) is 3.24. The first-order chi connectivity index (χ1) is 11.3. The number of amides is 1. The summed E-state index contributed by atoms with van der Waals surface area (Å²) in [6, 6.07) is 1.96. The van der Waals surface area contributed by atoms with Crippen molar-refractivity contribution >= 4 is 18.3 Å². The molecule has 1 saturated carbocycles. The van der Waals surface area contributed by atoms with E-state index < -0.39 is 0 Å². The van der Waals surface area contributed by atoms with Gasteiger partial charge in [0.2, 0.25) is 17.6 Å². The molecule has 2 aromatic rings. The summed E-state index contributed by atoms with van der Waals surface area (Å²) < 4.78 is 10.2. The van der Waals surface area contributed by atoms with Crippen molar-refractivity contribution < 1.29 is 13.7 Å². The van der Waals surface area contributed by atoms with Crippen LogP contribution < -0.4 is 11.1 Å². The highest BCUT2D eigenvalue weighted by Gasteiger charge is 2.25. The highest BCUT2D eigenvalue weighted by Crippen LogP contribution is 2.23. The molecule has 0 aliphatic heterocycles. The highest BCUT2D eigenvalue weighted by atomic mass is 35.5. The van der Waals surface area contributed by atoms with Gasteiger partial charge in [-0.1, -0.05) is 18.0 Å². The minimum absolute atomic E-state index is 0. The second-order valence-electron chi connectivity index (χ2n) is 5.98. The normalized spacial score (nSPS) is 20.4. The molecule has 0 radical (unpaired) electrons. The van der Waals surface area contributed by atoms with E-state index in [-0.39, 0.29) is 24.4 Å². The number of nitrogens with one attached hydrogen (secondary N) is 1. The van der Waals surface area contributed by atoms with Crippen LogP contribution in [0.5, 0.6) is 0 Å². The van der Waals surface area contributed by atoms with Crippen LogP contribution in [0, 0.1) is 5.92 Å². The van der Waals surface area contributed by atoms with Gasteiger partial charge in [0.05, 0.1) is 11.8 Å². The fourth-order valence-electron chi connectivity index (χ4n) is 3.04. The molecule has 24 heavy (non-hydrogen) atoms. The average molecular weight is 355 g/mol. The van der Waals surface area contributed by atoms with Gasteiger partial charge >= 0.3 is 0 Å². The Morgan fingerprint density at radius 3 is 2.96 bits per heavy atom. The van der Waals surface area contributed by atoms with Crippen molar-refractivity contribution in [2.75, 3.05) is 6.54 Å². The van der Waals surface area contributed by atoms with Crippen LogP contribution in [0.15, 0.2) is 27.5 Å². The topological polar surface area (TPSA) is 107 Å². The Bertz CT molecular complexity index is 629. The van der Waals surface area contributed by atoms with Crippen LogP contribution in [0.4, 0.5) is 0 Å². The summed E-state index contributed by atoms with van der Waals surface area (Å²) in [6.07, 6.45) is 8.33. The van der Waals surface area contributed by atoms with E-state index in [0.29, 0.717) is 37.0 Å². The first-order valence-corrected chi connectivity index (χ1v) is 8.11. The molecule has 1 aliphatic rings. The zero-order chi connectivity index (χ0) is 16.1. The summed E-state index contributed by atoms with van der Waals surface area (Å²) in [4.78, 5) is 16.4. The Morgan fingerprint density at radius 1 is 1.38 bits per heavy atom. The van der Waals surface area contributed by atoms with E-state index in [1.807, 2.05) is 0 Å². The first kappa shape index (κ1) is 18.5. The number of hydrogen-bond donors (Lipinski definition) is 2. The third kappa shape index (κ3) is 4.58. The Morgan fingerprint density at radius 2 is 2.21 bits per heavy atom. The summed E-state index contributed by atoms with van der Waals surface area (Å²) in [5.41, 5.74) is 6.55. The monoisotopic (exact) mass is 354 g/mol. The van der Waals surface area contributed by atoms with Gasteiger partial charge in [0.1, 0.15) is 6.26 Å². The smallest absolute Gasteiger partial charge is 0.227 e. The fourth-order valence-corrected chi connectivity index (χ4v) is 3.04. The largest absolute Gasteiger partial charge is 0.472 e. The van der Waals surface area contributed by atoms with Crippen molar-refractivity contribution in [2.24, 2.45) is 11.7 Å². The number of nitrogens with zero attached hydrogens (tertiary/aromatic N) is 2. The van der Waals surface area contributed by atoms with Crippen LogP contribution in [0.3, 0.4) is 0 Å². The maximum absolute atomic E-state index is 12.1. The number of aryl methyl sites for hydroxylation is 1. The highest BCUT2D eigenvalue weighted by molar-refractivity contribution is 5.85. The van der Waals surface area contributed by atoms with Gasteiger partial charge in [-0.05, 0) is 31.4 Å². The molecule has 7 nitrogen and oxygen atoms in total. The molecule has 0 saturated heterocycles. The molecule has 1 aliphatic carbocycles. The zero-order valence-corrected chi connectivity index (χ0v) is 14.3. The molecule has 0 spiro atoms. The molecule has 8 heteroatoms. The minimum atomic E-state index is 0. The second-order valence-corrected chi connectivity index (χ2v) is 5.98. The van der Waals surface area contributed by atoms with Crippen molar-refractivity contribution in [3.63, 3.8) is 0 Å². The summed E-state index contributed by atoms with van der Waals surface area (Å²) in [5.74, 6) is 1.34. The van der Waals surface area contributed by atoms with E-state index in [1.165, 1.54) is 6.42 Å². The zero-order valence-electron chi connectivity index (χ0n) is 13.4. The maximum Gasteiger partial charge on any atom is 0.227 e. The molecule has 2 atom stereocenters. The third-order valence-corrected chi connectivity index (χ3v) is 4.37. The lowest BCUT2D eigenvalue weighted by Crippen LogP contribution is -2.44. The van der Waals surface area contributed by atoms with E-state index in [4.69, 9.17) is 14.7 Å². The van der Waals surface area contributed by atoms with Gasteiger partial charge in [-0.15, -0.1) is 12.4 Å². The van der Waals surface area contributed by atoms with Gasteiger partial charge in [0.15, 0.2) is 0 Å². The number of rotatable bonds is 6. The maximum atomic E-state index is 12.1. The summed E-state index contributed by atoms with van der Waals surface area (Å²) >= 11 is 0. The van der Waals surface area contributed by atoms with E-state index in [2.05, 4.69) is 15.5 Å². The standard InChI is InChI=1S/C16H22N4O3.ClH/c17-9-11-3-1-2-4-13(11)18-14(21)5-6-15-19-16(20-23-15)12-7-8-22-10-12;/h7-8,10-11,13H,1-6,9,17H2,(H,18,21);1H. The molecule has 3 rings (SSSR count). The predicted octanol–water partition coefficient (Wildman–Crippen LogP) is 2.32. The Hall–Kier alpha value is -1.86. The van der Waals surface area contributed by atoms with Gasteiger partial charge in [-0.3, -0.25) is 4.79 Å². The number of nitrogens with two attached hydrogens (primary N) is 1. The molecule has 2 aromatic heterocycles. The van der Waals surface area contributed by atoms with Crippen molar-refractivity contribution in [1.29, 1.82) is 0 Å². The lowest BCUT2D eigenvalue weighted by atomic mass is 9.84. The number of carbonyl (C=O) groups is 1. The van der Waals surface area contributed by atoms with Crippen molar-refractivity contribution in [3.8, 4) is 11.4 Å². The van der Waals surface area contributed by atoms with Crippen molar-refractivity contribution in [2.45, 2.75) is 44.6 Å². The SMILES string of the molecule is Cl.NCC1CCCCC1NC(=O)CCc1nc(-c2ccoc2)no1. The fraction of sp³-hybridized carbons (Fsp3) is 0.562. The number of aromatic nitrogens is 2. The van der Waals surface area contributed by atoms with Crippen LogP contribution >= 0.6 is 12.4 Å². The molecule has 2 unspecified atom stereocenters. The predicted molar refractivity (Wildman–Crippen MR) is 90.5 cm³/mol. The van der Waals surface area contributed by atoms with Crippen LogP contribution in [-0.2, 0) is 11.2 Å². The lowest BCUT2D eigenvalue weighted by molar-refractivity contribution is -0.122. The van der Waals surface area contributed by atoms with Gasteiger partial charge in [-0.2, -0.15) is 4.98 Å². The molecular weight excluding hydrogens is 332 g/mol. The number of hydrogen-bond acceptors (Lipinski definition) is 6. The van der Waals surface area contributed by atoms with Crippen molar-refractivity contribution in [1.82, 2.24) is 15.5 Å². The molecule has 2 heterocycles. The van der Waals surface area contributed by atoms with Crippen LogP contribution in [-0.4, -0.2) is 28.6 Å². The van der Waals surface area contributed by atoms with Gasteiger partial charge in [-0.25, -0.2) is 0 Å². The lowest BCUT2D eigenvalue weighted by Gasteiger charge is -2.31. The van der Waals surface area contributed by atoms with Crippen LogP contribution in [0.1, 0.15) is 38.0 Å². The summed E-state index contributed by atoms with van der Waals surface area (Å²) in [6.45, 7) is 0.628. The Balaban J connectivity index is 0.00000208. The first-order valence-electron chi connectivity index (χ1n) is 8.11. The number of halogens is 1. The summed E-state index contributed by atoms with van der Waals surface area (Å²) in [7, 11) is 0. The van der Waals surface area contributed by atoms with Crippen LogP contribution in [0.2, 0.25) is 0 Å². The van der Waals surface area contributed by atoms with E-state index in [0.717, 1.165) is 24.8 Å². The minimum Gasteiger partial charge on any atom is -0.472 e. The molecule has 1 fully saturated rings. The van der Waals surface area contributed by atoms with E-state index in [9.17, 15) is 4.79 Å². The quantitative estimate of drug-likeness (QED) is 0.824. The van der Waals surface area contributed by atoms with Gasteiger partial charge < -0.3 is 20.0 Å². The van der Waals surface area contributed by atoms with Gasteiger partial charge in [0, 0.05) is 18.9 Å². The molecule has 0 aromatic carbocycles. The molecule has 132 valence electrons. The number of furan rings is 1. The summed E-state index contributed by atoms with van der Waals surface area (Å²) in [5, 5.41) is 6.98. The number of carbonyl (C=O) groups excluding carboxylic acids is 1. The van der Waals surface area contributed by atoms with Gasteiger partial charge in [0.25, 0.3) is 0 Å². The Kier molecular flexibility index (Phi) is 6.81. The second kappa shape index (κ2) is 8.84. The van der Waals surface area contributed by atoms with Crippen LogP contribution in [0.25, 0.3) is 11.4 Å². The van der Waals surface area contributed by atoms with E-state index in [1.54, 1.807) is 18.6 Å². The van der Waals surface area contributed by atoms with E-state index >= 15 is 0 Å². The third-order valence-electron chi connectivity index (χ3n) is 4.37. The molecular formula is C16H23ClN4O3. The molecule has 0 bridgehead atoms. The Labute approximate surface area is 146 Å².